The predicted molar refractivity (Wildman–Crippen MR) is 82.5 cm³/mol. The van der Waals surface area contributed by atoms with E-state index in [1.54, 1.807) is 7.05 Å². The first-order chi connectivity index (χ1) is 9.73. The van der Waals surface area contributed by atoms with Crippen LogP contribution in [-0.4, -0.2) is 35.4 Å². The van der Waals surface area contributed by atoms with Gasteiger partial charge in [-0.2, -0.15) is 0 Å². The van der Waals surface area contributed by atoms with E-state index in [1.807, 2.05) is 13.8 Å². The van der Waals surface area contributed by atoms with E-state index in [4.69, 9.17) is 17.3 Å². The van der Waals surface area contributed by atoms with Crippen LogP contribution in [0.3, 0.4) is 0 Å². The highest BCUT2D eigenvalue weighted by Gasteiger charge is 2.19. The van der Waals surface area contributed by atoms with Crippen LogP contribution in [0.15, 0.2) is 18.2 Å². The molecular formula is C14H20ClN3O3. The SMILES string of the molecule is CC(C)C(N)CCN(C)C(=O)c1ccc([N+](=O)[O-])cc1Cl. The van der Waals surface area contributed by atoms with Gasteiger partial charge in [-0.1, -0.05) is 25.4 Å². The van der Waals surface area contributed by atoms with Crippen molar-refractivity contribution in [1.29, 1.82) is 0 Å². The Morgan fingerprint density at radius 2 is 2.10 bits per heavy atom. The maximum Gasteiger partial charge on any atom is 0.270 e. The van der Waals surface area contributed by atoms with Crippen LogP contribution in [-0.2, 0) is 0 Å². The molecule has 0 bridgehead atoms. The van der Waals surface area contributed by atoms with Gasteiger partial charge >= 0.3 is 0 Å². The van der Waals surface area contributed by atoms with Crippen molar-refractivity contribution in [2.45, 2.75) is 26.3 Å². The van der Waals surface area contributed by atoms with Gasteiger partial charge in [0.15, 0.2) is 0 Å². The molecule has 21 heavy (non-hydrogen) atoms. The predicted octanol–water partition coefficient (Wildman–Crippen LogP) is 2.69. The lowest BCUT2D eigenvalue weighted by Gasteiger charge is -2.22. The molecule has 1 aromatic rings. The van der Waals surface area contributed by atoms with Gasteiger partial charge in [-0.25, -0.2) is 0 Å². The number of nitrogens with zero attached hydrogens (tertiary/aromatic N) is 2. The van der Waals surface area contributed by atoms with Crippen molar-refractivity contribution in [1.82, 2.24) is 4.90 Å². The number of hydrogen-bond acceptors (Lipinski definition) is 4. The first-order valence-electron chi connectivity index (χ1n) is 6.69. The Hall–Kier alpha value is -1.66. The Bertz CT molecular complexity index is 534. The first kappa shape index (κ1) is 17.4. The molecule has 0 saturated carbocycles. The number of rotatable bonds is 6. The zero-order chi connectivity index (χ0) is 16.2. The molecule has 0 aliphatic carbocycles. The van der Waals surface area contributed by atoms with Crippen molar-refractivity contribution in [3.63, 3.8) is 0 Å². The van der Waals surface area contributed by atoms with Crippen LogP contribution in [0.4, 0.5) is 5.69 Å². The molecule has 0 heterocycles. The molecule has 116 valence electrons. The summed E-state index contributed by atoms with van der Waals surface area (Å²) in [4.78, 5) is 23.9. The minimum atomic E-state index is -0.550. The molecule has 1 atom stereocenters. The molecule has 0 aromatic heterocycles. The molecule has 2 N–H and O–H groups in total. The highest BCUT2D eigenvalue weighted by Crippen LogP contribution is 2.23. The summed E-state index contributed by atoms with van der Waals surface area (Å²) in [7, 11) is 1.66. The van der Waals surface area contributed by atoms with Gasteiger partial charge in [-0.3, -0.25) is 14.9 Å². The molecule has 1 amide bonds. The maximum absolute atomic E-state index is 12.3. The number of amides is 1. The molecule has 0 radical (unpaired) electrons. The summed E-state index contributed by atoms with van der Waals surface area (Å²) in [5.41, 5.74) is 6.06. The number of hydrogen-bond donors (Lipinski definition) is 1. The van der Waals surface area contributed by atoms with Gasteiger partial charge in [0.05, 0.1) is 15.5 Å². The minimum absolute atomic E-state index is 0.0209. The smallest absolute Gasteiger partial charge is 0.270 e. The van der Waals surface area contributed by atoms with Crippen molar-refractivity contribution in [2.75, 3.05) is 13.6 Å². The Labute approximate surface area is 129 Å². The fourth-order valence-electron chi connectivity index (χ4n) is 1.77. The van der Waals surface area contributed by atoms with Crippen LogP contribution in [0.1, 0.15) is 30.6 Å². The van der Waals surface area contributed by atoms with Crippen molar-refractivity contribution in [3.8, 4) is 0 Å². The van der Waals surface area contributed by atoms with Crippen molar-refractivity contribution < 1.29 is 9.72 Å². The molecule has 0 spiro atoms. The Morgan fingerprint density at radius 1 is 1.48 bits per heavy atom. The quantitative estimate of drug-likeness (QED) is 0.646. The lowest BCUT2D eigenvalue weighted by atomic mass is 10.0. The zero-order valence-corrected chi connectivity index (χ0v) is 13.1. The number of benzene rings is 1. The van der Waals surface area contributed by atoms with Gasteiger partial charge in [-0.15, -0.1) is 0 Å². The van der Waals surface area contributed by atoms with Crippen LogP contribution in [0.25, 0.3) is 0 Å². The summed E-state index contributed by atoms with van der Waals surface area (Å²) in [5, 5.41) is 10.7. The number of halogens is 1. The normalized spacial score (nSPS) is 12.3. The highest BCUT2D eigenvalue weighted by atomic mass is 35.5. The van der Waals surface area contributed by atoms with E-state index in [0.29, 0.717) is 18.9 Å². The third-order valence-electron chi connectivity index (χ3n) is 3.39. The van der Waals surface area contributed by atoms with Crippen molar-refractivity contribution in [3.05, 3.63) is 38.9 Å². The Morgan fingerprint density at radius 3 is 2.57 bits per heavy atom. The van der Waals surface area contributed by atoms with Crippen LogP contribution in [0.2, 0.25) is 5.02 Å². The second-order valence-electron chi connectivity index (χ2n) is 5.34. The highest BCUT2D eigenvalue weighted by molar-refractivity contribution is 6.34. The van der Waals surface area contributed by atoms with Crippen LogP contribution in [0.5, 0.6) is 0 Å². The van der Waals surface area contributed by atoms with E-state index in [-0.39, 0.29) is 28.2 Å². The van der Waals surface area contributed by atoms with Crippen molar-refractivity contribution >= 4 is 23.2 Å². The third kappa shape index (κ3) is 4.68. The summed E-state index contributed by atoms with van der Waals surface area (Å²) < 4.78 is 0. The summed E-state index contributed by atoms with van der Waals surface area (Å²) in [5.74, 6) is 0.0716. The van der Waals surface area contributed by atoms with Gasteiger partial charge < -0.3 is 10.6 Å². The number of non-ortho nitro benzene ring substituents is 1. The molecule has 1 aromatic carbocycles. The van der Waals surface area contributed by atoms with E-state index in [1.165, 1.54) is 23.1 Å². The molecule has 1 unspecified atom stereocenters. The fourth-order valence-corrected chi connectivity index (χ4v) is 2.03. The van der Waals surface area contributed by atoms with E-state index >= 15 is 0 Å². The van der Waals surface area contributed by atoms with Crippen LogP contribution < -0.4 is 5.73 Å². The third-order valence-corrected chi connectivity index (χ3v) is 3.71. The summed E-state index contributed by atoms with van der Waals surface area (Å²) in [6.45, 7) is 4.56. The van der Waals surface area contributed by atoms with E-state index in [9.17, 15) is 14.9 Å². The molecule has 1 rings (SSSR count). The molecule has 0 saturated heterocycles. The maximum atomic E-state index is 12.3. The van der Waals surface area contributed by atoms with Gasteiger partial charge in [0.25, 0.3) is 11.6 Å². The number of nitrogens with two attached hydrogens (primary N) is 1. The molecular weight excluding hydrogens is 294 g/mol. The van der Waals surface area contributed by atoms with Gasteiger partial charge in [0.1, 0.15) is 0 Å². The Kier molecular flexibility index (Phi) is 6.11. The summed E-state index contributed by atoms with van der Waals surface area (Å²) in [6.07, 6.45) is 0.685. The summed E-state index contributed by atoms with van der Waals surface area (Å²) in [6, 6.07) is 3.85. The molecule has 0 aliphatic heterocycles. The number of carbonyl (C=O) groups excluding carboxylic acids is 1. The second kappa shape index (κ2) is 7.38. The molecule has 0 aliphatic rings. The lowest BCUT2D eigenvalue weighted by Crippen LogP contribution is -2.34. The van der Waals surface area contributed by atoms with Gasteiger partial charge in [-0.05, 0) is 18.4 Å². The molecule has 7 heteroatoms. The fraction of sp³-hybridized carbons (Fsp3) is 0.500. The van der Waals surface area contributed by atoms with E-state index in [0.717, 1.165) is 0 Å². The summed E-state index contributed by atoms with van der Waals surface area (Å²) >= 11 is 5.95. The van der Waals surface area contributed by atoms with E-state index in [2.05, 4.69) is 0 Å². The Balaban J connectivity index is 2.76. The van der Waals surface area contributed by atoms with E-state index < -0.39 is 4.92 Å². The monoisotopic (exact) mass is 313 g/mol. The van der Waals surface area contributed by atoms with Crippen LogP contribution in [0, 0.1) is 16.0 Å². The zero-order valence-electron chi connectivity index (χ0n) is 12.4. The van der Waals surface area contributed by atoms with Gasteiger partial charge in [0, 0.05) is 31.8 Å². The lowest BCUT2D eigenvalue weighted by molar-refractivity contribution is -0.384. The topological polar surface area (TPSA) is 89.5 Å². The second-order valence-corrected chi connectivity index (χ2v) is 5.75. The number of nitro benzene ring substituents is 1. The molecule has 0 fully saturated rings. The number of nitro groups is 1. The average Bonchev–Trinajstić information content (AvgIpc) is 2.43. The largest absolute Gasteiger partial charge is 0.342 e. The first-order valence-corrected chi connectivity index (χ1v) is 7.06. The number of carbonyl (C=O) groups is 1. The standard InChI is InChI=1S/C14H20ClN3O3/c1-9(2)13(16)6-7-17(3)14(19)11-5-4-10(18(20)21)8-12(11)15/h4-5,8-9,13H,6-7,16H2,1-3H3. The van der Waals surface area contributed by atoms with Crippen molar-refractivity contribution in [2.24, 2.45) is 11.7 Å². The minimum Gasteiger partial charge on any atom is -0.342 e. The average molecular weight is 314 g/mol. The van der Waals surface area contributed by atoms with Crippen LogP contribution >= 0.6 is 11.6 Å². The van der Waals surface area contributed by atoms with Gasteiger partial charge in [0.2, 0.25) is 0 Å². The molecule has 6 nitrogen and oxygen atoms in total.